The SMILES string of the molecule is c1ccc(-c2nc(-c3ccccc3)nc(-c3ccc4c(c3)sc3ccc(-c5ccc6nc(-c7ccccc7)sc6c5)cc34)n2)cc1. The van der Waals surface area contributed by atoms with Gasteiger partial charge < -0.3 is 0 Å². The van der Waals surface area contributed by atoms with Crippen LogP contribution in [0.1, 0.15) is 0 Å². The van der Waals surface area contributed by atoms with Crippen LogP contribution in [0.4, 0.5) is 0 Å². The summed E-state index contributed by atoms with van der Waals surface area (Å²) < 4.78 is 3.66. The highest BCUT2D eigenvalue weighted by Gasteiger charge is 2.15. The van der Waals surface area contributed by atoms with Crippen molar-refractivity contribution in [3.05, 3.63) is 146 Å². The van der Waals surface area contributed by atoms with E-state index in [0.29, 0.717) is 17.5 Å². The number of nitrogens with zero attached hydrogens (tertiary/aromatic N) is 4. The smallest absolute Gasteiger partial charge is 0.164 e. The molecule has 0 atom stereocenters. The van der Waals surface area contributed by atoms with Crippen LogP contribution in [0.2, 0.25) is 0 Å². The molecule has 0 fully saturated rings. The summed E-state index contributed by atoms with van der Waals surface area (Å²) in [7, 11) is 0. The van der Waals surface area contributed by atoms with Crippen LogP contribution in [0.15, 0.2) is 146 Å². The standard InChI is InChI=1S/C40H24N4S2/c1-4-10-25(11-5-1)37-42-38(26-12-6-2-7-13-26)44-39(43-37)30-16-19-31-32-22-28(18-21-34(32)45-35(31)24-30)29-17-20-33-36(23-29)46-40(41-33)27-14-8-3-9-15-27/h1-24H. The van der Waals surface area contributed by atoms with Gasteiger partial charge in [-0.05, 0) is 41.5 Å². The average Bonchev–Trinajstić information content (AvgIpc) is 3.73. The molecule has 0 aliphatic heterocycles. The number of aromatic nitrogens is 4. The molecule has 0 unspecified atom stereocenters. The molecule has 9 aromatic rings. The van der Waals surface area contributed by atoms with Gasteiger partial charge in [0.2, 0.25) is 0 Å². The van der Waals surface area contributed by atoms with Crippen molar-refractivity contribution in [3.63, 3.8) is 0 Å². The molecule has 0 bridgehead atoms. The zero-order valence-electron chi connectivity index (χ0n) is 24.5. The van der Waals surface area contributed by atoms with Gasteiger partial charge in [0, 0.05) is 42.4 Å². The van der Waals surface area contributed by atoms with Crippen LogP contribution in [-0.2, 0) is 0 Å². The molecule has 6 aromatic carbocycles. The maximum atomic E-state index is 4.94. The summed E-state index contributed by atoms with van der Waals surface area (Å²) in [6.45, 7) is 0. The maximum Gasteiger partial charge on any atom is 0.164 e. The zero-order valence-corrected chi connectivity index (χ0v) is 26.1. The van der Waals surface area contributed by atoms with E-state index in [1.54, 1.807) is 22.7 Å². The van der Waals surface area contributed by atoms with E-state index in [1.807, 2.05) is 66.7 Å². The van der Waals surface area contributed by atoms with Crippen molar-refractivity contribution >= 4 is 53.1 Å². The molecule has 6 heteroatoms. The largest absolute Gasteiger partial charge is 0.236 e. The monoisotopic (exact) mass is 624 g/mol. The highest BCUT2D eigenvalue weighted by Crippen LogP contribution is 2.39. The van der Waals surface area contributed by atoms with Crippen molar-refractivity contribution in [2.75, 3.05) is 0 Å². The fourth-order valence-electron chi connectivity index (χ4n) is 5.84. The first-order valence-electron chi connectivity index (χ1n) is 15.1. The topological polar surface area (TPSA) is 51.6 Å². The Morgan fingerprint density at radius 2 is 0.870 bits per heavy atom. The first-order valence-corrected chi connectivity index (χ1v) is 16.7. The molecule has 0 saturated carbocycles. The van der Waals surface area contributed by atoms with E-state index in [1.165, 1.54) is 36.0 Å². The van der Waals surface area contributed by atoms with Crippen LogP contribution in [0, 0.1) is 0 Å². The van der Waals surface area contributed by atoms with E-state index in [4.69, 9.17) is 19.9 Å². The second-order valence-corrected chi connectivity index (χ2v) is 13.2. The Bertz CT molecular complexity index is 2460. The van der Waals surface area contributed by atoms with E-state index < -0.39 is 0 Å². The van der Waals surface area contributed by atoms with Crippen LogP contribution in [-0.4, -0.2) is 19.9 Å². The van der Waals surface area contributed by atoms with Gasteiger partial charge in [-0.15, -0.1) is 22.7 Å². The average molecular weight is 625 g/mol. The summed E-state index contributed by atoms with van der Waals surface area (Å²) in [6.07, 6.45) is 0. The van der Waals surface area contributed by atoms with Gasteiger partial charge in [-0.1, -0.05) is 115 Å². The van der Waals surface area contributed by atoms with Crippen LogP contribution in [0.5, 0.6) is 0 Å². The predicted molar refractivity (Wildman–Crippen MR) is 193 cm³/mol. The van der Waals surface area contributed by atoms with E-state index in [2.05, 4.69) is 78.9 Å². The van der Waals surface area contributed by atoms with Crippen LogP contribution in [0.3, 0.4) is 0 Å². The van der Waals surface area contributed by atoms with Crippen molar-refractivity contribution < 1.29 is 0 Å². The lowest BCUT2D eigenvalue weighted by Crippen LogP contribution is -1.99. The molecule has 0 spiro atoms. The van der Waals surface area contributed by atoms with E-state index in [-0.39, 0.29) is 0 Å². The molecule has 0 saturated heterocycles. The Morgan fingerprint density at radius 3 is 1.54 bits per heavy atom. The number of thiophene rings is 1. The number of rotatable bonds is 5. The van der Waals surface area contributed by atoms with E-state index >= 15 is 0 Å². The Kier molecular flexibility index (Phi) is 6.47. The van der Waals surface area contributed by atoms with E-state index in [0.717, 1.165) is 32.8 Å². The number of hydrogen-bond acceptors (Lipinski definition) is 6. The molecule has 4 nitrogen and oxygen atoms in total. The third-order valence-electron chi connectivity index (χ3n) is 8.17. The molecular formula is C40H24N4S2. The summed E-state index contributed by atoms with van der Waals surface area (Å²) in [5, 5.41) is 3.54. The lowest BCUT2D eigenvalue weighted by atomic mass is 10.0. The lowest BCUT2D eigenvalue weighted by molar-refractivity contribution is 1.07. The minimum Gasteiger partial charge on any atom is -0.236 e. The summed E-state index contributed by atoms with van der Waals surface area (Å²) in [5.41, 5.74) is 7.48. The van der Waals surface area contributed by atoms with Crippen LogP contribution >= 0.6 is 22.7 Å². The Morgan fingerprint density at radius 1 is 0.326 bits per heavy atom. The number of fused-ring (bicyclic) bond motifs is 4. The fourth-order valence-corrected chi connectivity index (χ4v) is 7.98. The number of benzene rings is 6. The predicted octanol–water partition coefficient (Wildman–Crippen LogP) is 11.2. The minimum atomic E-state index is 0.666. The highest BCUT2D eigenvalue weighted by atomic mass is 32.1. The second-order valence-electron chi connectivity index (χ2n) is 11.1. The zero-order chi connectivity index (χ0) is 30.5. The van der Waals surface area contributed by atoms with Crippen LogP contribution < -0.4 is 0 Å². The van der Waals surface area contributed by atoms with Gasteiger partial charge in [0.15, 0.2) is 17.5 Å². The van der Waals surface area contributed by atoms with Crippen molar-refractivity contribution in [2.24, 2.45) is 0 Å². The Balaban J connectivity index is 1.11. The van der Waals surface area contributed by atoms with Crippen molar-refractivity contribution in [3.8, 4) is 55.9 Å². The highest BCUT2D eigenvalue weighted by molar-refractivity contribution is 7.25. The Labute approximate surface area is 273 Å². The van der Waals surface area contributed by atoms with E-state index in [9.17, 15) is 0 Å². The summed E-state index contributed by atoms with van der Waals surface area (Å²) in [4.78, 5) is 19.6. The summed E-state index contributed by atoms with van der Waals surface area (Å²) >= 11 is 3.54. The molecule has 216 valence electrons. The third kappa shape index (κ3) is 4.85. The minimum absolute atomic E-state index is 0.666. The third-order valence-corrected chi connectivity index (χ3v) is 10.4. The first kappa shape index (κ1) is 26.8. The molecule has 0 aliphatic carbocycles. The molecular weight excluding hydrogens is 601 g/mol. The summed E-state index contributed by atoms with van der Waals surface area (Å²) in [6, 6.07) is 50.5. The molecule has 3 heterocycles. The second kappa shape index (κ2) is 11.1. The van der Waals surface area contributed by atoms with Gasteiger partial charge in [-0.3, -0.25) is 0 Å². The molecule has 3 aromatic heterocycles. The van der Waals surface area contributed by atoms with Crippen molar-refractivity contribution in [2.45, 2.75) is 0 Å². The van der Waals surface area contributed by atoms with Crippen LogP contribution in [0.25, 0.3) is 86.3 Å². The molecule has 46 heavy (non-hydrogen) atoms. The van der Waals surface area contributed by atoms with Gasteiger partial charge in [0.1, 0.15) is 5.01 Å². The van der Waals surface area contributed by atoms with Gasteiger partial charge in [-0.2, -0.15) is 0 Å². The molecule has 0 radical (unpaired) electrons. The molecule has 0 N–H and O–H groups in total. The van der Waals surface area contributed by atoms with Gasteiger partial charge in [-0.25, -0.2) is 19.9 Å². The summed E-state index contributed by atoms with van der Waals surface area (Å²) in [5.74, 6) is 2.00. The fraction of sp³-hybridized carbons (Fsp3) is 0. The van der Waals surface area contributed by atoms with Gasteiger partial charge in [0.25, 0.3) is 0 Å². The lowest BCUT2D eigenvalue weighted by Gasteiger charge is -2.08. The Hall–Kier alpha value is -5.56. The molecule has 0 aliphatic rings. The normalized spacial score (nSPS) is 11.5. The first-order chi connectivity index (χ1) is 22.7. The number of thiazole rings is 1. The molecule has 9 rings (SSSR count). The quantitative estimate of drug-likeness (QED) is 0.191. The van der Waals surface area contributed by atoms with Crippen molar-refractivity contribution in [1.82, 2.24) is 19.9 Å². The van der Waals surface area contributed by atoms with Gasteiger partial charge >= 0.3 is 0 Å². The number of hydrogen-bond donors (Lipinski definition) is 0. The van der Waals surface area contributed by atoms with Crippen molar-refractivity contribution in [1.29, 1.82) is 0 Å². The maximum absolute atomic E-state index is 4.94. The van der Waals surface area contributed by atoms with Gasteiger partial charge in [0.05, 0.1) is 10.2 Å². The molecule has 0 amide bonds.